The molecule has 0 atom stereocenters. The largest absolute Gasteiger partial charge is 0.514 e. The van der Waals surface area contributed by atoms with Gasteiger partial charge in [0, 0.05) is 5.69 Å². The van der Waals surface area contributed by atoms with Crippen LogP contribution >= 0.6 is 0 Å². The topological polar surface area (TPSA) is 92.3 Å². The molecule has 0 aromatic heterocycles. The first-order valence-corrected chi connectivity index (χ1v) is 12.0. The Morgan fingerprint density at radius 1 is 0.757 bits per heavy atom. The van der Waals surface area contributed by atoms with E-state index < -0.39 is 30.6 Å². The fourth-order valence-electron chi connectivity index (χ4n) is 3.49. The van der Waals surface area contributed by atoms with E-state index in [-0.39, 0.29) is 13.2 Å². The molecule has 0 spiro atoms. The van der Waals surface area contributed by atoms with Gasteiger partial charge in [-0.2, -0.15) is 0 Å². The molecule has 0 saturated carbocycles. The number of para-hydroxylation sites is 1. The highest BCUT2D eigenvalue weighted by Crippen LogP contribution is 2.36. The maximum atomic E-state index is 12.2. The zero-order valence-corrected chi connectivity index (χ0v) is 21.4. The summed E-state index contributed by atoms with van der Waals surface area (Å²) in [4.78, 5) is 24.0. The lowest BCUT2D eigenvalue weighted by Crippen LogP contribution is -2.41. The van der Waals surface area contributed by atoms with Crippen LogP contribution in [-0.4, -0.2) is 30.6 Å². The Morgan fingerprint density at radius 2 is 1.30 bits per heavy atom. The third kappa shape index (κ3) is 6.90. The van der Waals surface area contributed by atoms with Crippen molar-refractivity contribution >= 4 is 30.5 Å². The summed E-state index contributed by atoms with van der Waals surface area (Å²) in [7, 11) is -0.439. The van der Waals surface area contributed by atoms with Gasteiger partial charge in [-0.3, -0.25) is 5.32 Å². The van der Waals surface area contributed by atoms with Crippen molar-refractivity contribution in [3.05, 3.63) is 90.0 Å². The van der Waals surface area contributed by atoms with Crippen LogP contribution in [0.1, 0.15) is 38.8 Å². The van der Waals surface area contributed by atoms with Gasteiger partial charge in [0.05, 0.1) is 11.2 Å². The van der Waals surface area contributed by atoms with Gasteiger partial charge >= 0.3 is 19.4 Å². The lowest BCUT2D eigenvalue weighted by atomic mass is 9.79. The molecule has 192 valence electrons. The Labute approximate surface area is 217 Å². The van der Waals surface area contributed by atoms with Gasteiger partial charge in [0.2, 0.25) is 0 Å². The van der Waals surface area contributed by atoms with Crippen LogP contribution in [0.3, 0.4) is 0 Å². The van der Waals surface area contributed by atoms with Crippen LogP contribution in [0.4, 0.5) is 15.3 Å². The predicted molar refractivity (Wildman–Crippen MR) is 140 cm³/mol. The Kier molecular flexibility index (Phi) is 7.85. The van der Waals surface area contributed by atoms with E-state index in [2.05, 4.69) is 5.32 Å². The molecule has 0 unspecified atom stereocenters. The second kappa shape index (κ2) is 11.1. The second-order valence-electron chi connectivity index (χ2n) is 9.68. The number of rotatable bonds is 7. The molecule has 1 N–H and O–H groups in total. The number of nitrogens with one attached hydrogen (secondary N) is 1. The predicted octanol–water partition coefficient (Wildman–Crippen LogP) is 5.45. The van der Waals surface area contributed by atoms with Crippen molar-refractivity contribution in [3.8, 4) is 5.75 Å². The number of amides is 1. The van der Waals surface area contributed by atoms with E-state index in [1.54, 1.807) is 48.5 Å². The summed E-state index contributed by atoms with van der Waals surface area (Å²) >= 11 is 0. The minimum absolute atomic E-state index is 0.0400. The normalized spacial score (nSPS) is 15.6. The molecule has 1 amide bonds. The van der Waals surface area contributed by atoms with E-state index >= 15 is 0 Å². The quantitative estimate of drug-likeness (QED) is 0.260. The molecule has 1 heterocycles. The molecule has 0 aliphatic carbocycles. The number of ether oxygens (including phenoxy) is 3. The summed E-state index contributed by atoms with van der Waals surface area (Å²) in [6.45, 7) is 8.20. The maximum absolute atomic E-state index is 12.2. The summed E-state index contributed by atoms with van der Waals surface area (Å²) in [5.41, 5.74) is 2.23. The lowest BCUT2D eigenvalue weighted by Gasteiger charge is -2.32. The third-order valence-corrected chi connectivity index (χ3v) is 6.38. The molecule has 0 bridgehead atoms. The minimum atomic E-state index is -0.791. The van der Waals surface area contributed by atoms with Crippen molar-refractivity contribution < 1.29 is 33.1 Å². The van der Waals surface area contributed by atoms with Crippen molar-refractivity contribution in [3.63, 3.8) is 0 Å². The van der Waals surface area contributed by atoms with Gasteiger partial charge in [-0.05, 0) is 68.6 Å². The van der Waals surface area contributed by atoms with Gasteiger partial charge in [-0.15, -0.1) is 0 Å². The molecular weight excluding hydrogens is 473 g/mol. The van der Waals surface area contributed by atoms with E-state index in [1.807, 2.05) is 58.0 Å². The molecule has 1 saturated heterocycles. The number of carbonyl (C=O) groups excluding carboxylic acids is 2. The van der Waals surface area contributed by atoms with Gasteiger partial charge in [0.15, 0.2) is 0 Å². The van der Waals surface area contributed by atoms with Crippen LogP contribution in [-0.2, 0) is 32.0 Å². The van der Waals surface area contributed by atoms with E-state index in [9.17, 15) is 9.59 Å². The SMILES string of the molecule is CC1(C)OB(c2ccc(COC(=O)Nc3ccc(COC(=O)Oc4ccccc4)cc3)cc2)OC1(C)C. The molecule has 1 aliphatic heterocycles. The summed E-state index contributed by atoms with van der Waals surface area (Å²) in [6, 6.07) is 23.1. The number of hydrogen-bond acceptors (Lipinski definition) is 7. The second-order valence-corrected chi connectivity index (χ2v) is 9.68. The highest BCUT2D eigenvalue weighted by atomic mass is 16.7. The van der Waals surface area contributed by atoms with E-state index in [0.717, 1.165) is 16.6 Å². The molecule has 37 heavy (non-hydrogen) atoms. The first kappa shape index (κ1) is 26.3. The molecular formula is C28H30BNO7. The lowest BCUT2D eigenvalue weighted by molar-refractivity contribution is 0.00578. The van der Waals surface area contributed by atoms with Crippen LogP contribution in [0.25, 0.3) is 0 Å². The molecule has 8 nitrogen and oxygen atoms in total. The molecule has 9 heteroatoms. The number of benzene rings is 3. The van der Waals surface area contributed by atoms with Crippen molar-refractivity contribution in [1.29, 1.82) is 0 Å². The maximum Gasteiger partial charge on any atom is 0.514 e. The Balaban J connectivity index is 1.20. The van der Waals surface area contributed by atoms with Crippen molar-refractivity contribution in [1.82, 2.24) is 0 Å². The molecule has 1 aliphatic rings. The third-order valence-electron chi connectivity index (χ3n) is 6.38. The van der Waals surface area contributed by atoms with Gasteiger partial charge in [0.1, 0.15) is 19.0 Å². The van der Waals surface area contributed by atoms with E-state index in [1.165, 1.54) is 0 Å². The zero-order valence-electron chi connectivity index (χ0n) is 21.4. The Bertz CT molecular complexity index is 1200. The van der Waals surface area contributed by atoms with Crippen molar-refractivity contribution in [2.24, 2.45) is 0 Å². The highest BCUT2D eigenvalue weighted by Gasteiger charge is 2.51. The standard InChI is InChI=1S/C28H30BNO7/c1-27(2)28(3,4)37-29(36-27)22-14-10-20(11-15-22)18-33-25(31)30-23-16-12-21(13-17-23)19-34-26(32)35-24-8-6-5-7-9-24/h5-17H,18-19H2,1-4H3,(H,30,31). The highest BCUT2D eigenvalue weighted by molar-refractivity contribution is 6.62. The number of anilines is 1. The van der Waals surface area contributed by atoms with Crippen LogP contribution < -0.4 is 15.5 Å². The Hall–Kier alpha value is -3.82. The number of carbonyl (C=O) groups is 2. The van der Waals surface area contributed by atoms with Gasteiger partial charge < -0.3 is 23.5 Å². The summed E-state index contributed by atoms with van der Waals surface area (Å²) in [5, 5.41) is 2.68. The fraction of sp³-hybridized carbons (Fsp3) is 0.286. The van der Waals surface area contributed by atoms with Crippen LogP contribution in [0.5, 0.6) is 5.75 Å². The smallest absolute Gasteiger partial charge is 0.444 e. The van der Waals surface area contributed by atoms with Crippen LogP contribution in [0, 0.1) is 0 Å². The average molecular weight is 503 g/mol. The molecule has 0 radical (unpaired) electrons. The average Bonchev–Trinajstić information content (AvgIpc) is 3.10. The summed E-state index contributed by atoms with van der Waals surface area (Å²) in [6.07, 6.45) is -1.37. The molecule has 4 rings (SSSR count). The monoisotopic (exact) mass is 503 g/mol. The van der Waals surface area contributed by atoms with E-state index in [4.69, 9.17) is 23.5 Å². The summed E-state index contributed by atoms with van der Waals surface area (Å²) in [5.74, 6) is 0.409. The first-order chi connectivity index (χ1) is 17.6. The number of hydrogen-bond donors (Lipinski definition) is 1. The van der Waals surface area contributed by atoms with Crippen molar-refractivity contribution in [2.45, 2.75) is 52.1 Å². The van der Waals surface area contributed by atoms with Gasteiger partial charge in [0.25, 0.3) is 0 Å². The molecule has 3 aromatic carbocycles. The summed E-state index contributed by atoms with van der Waals surface area (Å²) < 4.78 is 27.7. The van der Waals surface area contributed by atoms with Gasteiger partial charge in [-0.25, -0.2) is 9.59 Å². The molecule has 1 fully saturated rings. The van der Waals surface area contributed by atoms with Crippen LogP contribution in [0.15, 0.2) is 78.9 Å². The molecule has 3 aromatic rings. The zero-order chi connectivity index (χ0) is 26.5. The van der Waals surface area contributed by atoms with Crippen LogP contribution in [0.2, 0.25) is 0 Å². The first-order valence-electron chi connectivity index (χ1n) is 12.0. The van der Waals surface area contributed by atoms with Crippen molar-refractivity contribution in [2.75, 3.05) is 5.32 Å². The minimum Gasteiger partial charge on any atom is -0.444 e. The fourth-order valence-corrected chi connectivity index (χ4v) is 3.49. The Morgan fingerprint density at radius 3 is 1.89 bits per heavy atom. The van der Waals surface area contributed by atoms with Gasteiger partial charge in [-0.1, -0.05) is 54.6 Å². The van der Waals surface area contributed by atoms with E-state index in [0.29, 0.717) is 11.4 Å².